The average molecular weight is 467 g/mol. The molecule has 27 heavy (non-hydrogen) atoms. The van der Waals surface area contributed by atoms with Crippen LogP contribution in [0.15, 0.2) is 72.9 Å². The maximum atomic E-state index is 13.4. The van der Waals surface area contributed by atoms with Gasteiger partial charge in [-0.3, -0.25) is 4.79 Å². The normalized spacial score (nSPS) is 11.3. The van der Waals surface area contributed by atoms with Crippen LogP contribution in [-0.2, 0) is 6.54 Å². The van der Waals surface area contributed by atoms with Gasteiger partial charge in [0.05, 0.1) is 0 Å². The molecule has 0 saturated heterocycles. The fraction of sp³-hybridized carbons (Fsp3) is 0.208. The van der Waals surface area contributed by atoms with Gasteiger partial charge in [0.1, 0.15) is 0 Å². The Bertz CT molecular complexity index is 1090. The number of para-hydroxylation sites is 1. The zero-order chi connectivity index (χ0) is 18.6. The van der Waals surface area contributed by atoms with Crippen molar-refractivity contribution in [1.82, 2.24) is 4.57 Å². The Balaban J connectivity index is 1.75. The van der Waals surface area contributed by atoms with Crippen molar-refractivity contribution >= 4 is 50.0 Å². The third-order valence-electron chi connectivity index (χ3n) is 5.10. The number of alkyl halides is 1. The molecule has 0 aliphatic heterocycles. The highest BCUT2D eigenvalue weighted by Gasteiger charge is 2.18. The van der Waals surface area contributed by atoms with Crippen LogP contribution in [0.2, 0.25) is 0 Å². The number of aryl methyl sites for hydroxylation is 1. The molecule has 0 radical (unpaired) electrons. The van der Waals surface area contributed by atoms with Crippen molar-refractivity contribution < 1.29 is 4.79 Å². The van der Waals surface area contributed by atoms with Gasteiger partial charge in [-0.05, 0) is 34.1 Å². The summed E-state index contributed by atoms with van der Waals surface area (Å²) in [7, 11) is 0. The summed E-state index contributed by atoms with van der Waals surface area (Å²) < 4.78 is 3.45. The minimum absolute atomic E-state index is 0.106. The molecule has 3 aromatic carbocycles. The molecular weight excluding hydrogens is 445 g/mol. The zero-order valence-electron chi connectivity index (χ0n) is 15.2. The number of hydrogen-bond acceptors (Lipinski definition) is 1. The van der Waals surface area contributed by atoms with Crippen LogP contribution in [0.3, 0.4) is 0 Å². The SMILES string of the molecule is O=C(c1cccc2ccccc12)c1cn(CCCCCI)c2ccccc12. The van der Waals surface area contributed by atoms with Crippen LogP contribution in [-0.4, -0.2) is 14.8 Å². The van der Waals surface area contributed by atoms with E-state index in [9.17, 15) is 4.79 Å². The van der Waals surface area contributed by atoms with Crippen LogP contribution in [0.1, 0.15) is 35.2 Å². The first kappa shape index (κ1) is 18.2. The molecule has 1 heterocycles. The number of carbonyl (C=O) groups excluding carboxylic acids is 1. The Kier molecular flexibility index (Phi) is 5.58. The van der Waals surface area contributed by atoms with E-state index in [2.05, 4.69) is 63.7 Å². The van der Waals surface area contributed by atoms with Crippen LogP contribution in [0.25, 0.3) is 21.7 Å². The van der Waals surface area contributed by atoms with Crippen molar-refractivity contribution in [3.05, 3.63) is 84.1 Å². The van der Waals surface area contributed by atoms with Gasteiger partial charge in [0.2, 0.25) is 0 Å². The van der Waals surface area contributed by atoms with Crippen LogP contribution in [0.5, 0.6) is 0 Å². The van der Waals surface area contributed by atoms with Crippen molar-refractivity contribution in [2.24, 2.45) is 0 Å². The highest BCUT2D eigenvalue weighted by atomic mass is 127. The number of rotatable bonds is 7. The molecule has 136 valence electrons. The number of halogens is 1. The second-order valence-corrected chi connectivity index (χ2v) is 7.94. The third-order valence-corrected chi connectivity index (χ3v) is 5.86. The fourth-order valence-corrected chi connectivity index (χ4v) is 4.27. The number of fused-ring (bicyclic) bond motifs is 2. The predicted molar refractivity (Wildman–Crippen MR) is 122 cm³/mol. The molecule has 2 nitrogen and oxygen atoms in total. The quantitative estimate of drug-likeness (QED) is 0.129. The molecule has 0 N–H and O–H groups in total. The summed E-state index contributed by atoms with van der Waals surface area (Å²) in [6.45, 7) is 0.958. The van der Waals surface area contributed by atoms with E-state index in [1.807, 2.05) is 36.4 Å². The van der Waals surface area contributed by atoms with Crippen molar-refractivity contribution in [2.75, 3.05) is 4.43 Å². The van der Waals surface area contributed by atoms with Gasteiger partial charge in [-0.15, -0.1) is 0 Å². The van der Waals surface area contributed by atoms with E-state index in [0.717, 1.165) is 45.8 Å². The first-order chi connectivity index (χ1) is 13.3. The molecule has 0 fully saturated rings. The largest absolute Gasteiger partial charge is 0.347 e. The van der Waals surface area contributed by atoms with E-state index >= 15 is 0 Å². The highest BCUT2D eigenvalue weighted by Crippen LogP contribution is 2.27. The monoisotopic (exact) mass is 467 g/mol. The van der Waals surface area contributed by atoms with Crippen LogP contribution in [0.4, 0.5) is 0 Å². The van der Waals surface area contributed by atoms with Crippen molar-refractivity contribution in [3.63, 3.8) is 0 Å². The molecule has 0 amide bonds. The third kappa shape index (κ3) is 3.65. The highest BCUT2D eigenvalue weighted by molar-refractivity contribution is 14.1. The summed E-state index contributed by atoms with van der Waals surface area (Å²) >= 11 is 2.43. The Morgan fingerprint density at radius 3 is 2.37 bits per heavy atom. The first-order valence-corrected chi connectivity index (χ1v) is 11.0. The minimum atomic E-state index is 0.106. The number of carbonyl (C=O) groups is 1. The van der Waals surface area contributed by atoms with Gasteiger partial charge in [-0.1, -0.05) is 89.7 Å². The van der Waals surface area contributed by atoms with Gasteiger partial charge in [0.25, 0.3) is 0 Å². The molecule has 4 rings (SSSR count). The smallest absolute Gasteiger partial charge is 0.195 e. The first-order valence-electron chi connectivity index (χ1n) is 9.46. The number of ketones is 1. The molecule has 0 saturated carbocycles. The standard InChI is InChI=1S/C24H22INO/c25-15-6-1-7-16-26-17-22(20-12-4-5-14-23(20)26)24(27)21-13-8-10-18-9-2-3-11-19(18)21/h2-5,8-14,17H,1,6-7,15-16H2. The Morgan fingerprint density at radius 2 is 1.52 bits per heavy atom. The number of aromatic nitrogens is 1. The second-order valence-electron chi connectivity index (χ2n) is 6.86. The van der Waals surface area contributed by atoms with Gasteiger partial charge in [-0.2, -0.15) is 0 Å². The van der Waals surface area contributed by atoms with Crippen molar-refractivity contribution in [2.45, 2.75) is 25.8 Å². The molecule has 4 aromatic rings. The van der Waals surface area contributed by atoms with E-state index in [-0.39, 0.29) is 5.78 Å². The molecule has 0 spiro atoms. The second kappa shape index (κ2) is 8.26. The molecular formula is C24H22INO. The topological polar surface area (TPSA) is 22.0 Å². The number of nitrogens with zero attached hydrogens (tertiary/aromatic N) is 1. The number of unbranched alkanes of at least 4 members (excludes halogenated alkanes) is 2. The lowest BCUT2D eigenvalue weighted by molar-refractivity contribution is 0.104. The molecule has 0 atom stereocenters. The summed E-state index contributed by atoms with van der Waals surface area (Å²) in [4.78, 5) is 13.4. The van der Waals surface area contributed by atoms with E-state index < -0.39 is 0 Å². The van der Waals surface area contributed by atoms with Crippen LogP contribution in [0, 0.1) is 0 Å². The molecule has 1 aromatic heterocycles. The van der Waals surface area contributed by atoms with Gasteiger partial charge < -0.3 is 4.57 Å². The Morgan fingerprint density at radius 1 is 0.778 bits per heavy atom. The summed E-state index contributed by atoms with van der Waals surface area (Å²) in [5.74, 6) is 0.106. The minimum Gasteiger partial charge on any atom is -0.347 e. The van der Waals surface area contributed by atoms with E-state index in [1.165, 1.54) is 17.3 Å². The fourth-order valence-electron chi connectivity index (χ4n) is 3.73. The molecule has 0 bridgehead atoms. The van der Waals surface area contributed by atoms with Crippen LogP contribution >= 0.6 is 22.6 Å². The van der Waals surface area contributed by atoms with Crippen molar-refractivity contribution in [3.8, 4) is 0 Å². The summed E-state index contributed by atoms with van der Waals surface area (Å²) in [6.07, 6.45) is 5.67. The predicted octanol–water partition coefficient (Wildman–Crippen LogP) is 6.63. The van der Waals surface area contributed by atoms with Gasteiger partial charge in [0, 0.05) is 34.8 Å². The van der Waals surface area contributed by atoms with Crippen molar-refractivity contribution in [1.29, 1.82) is 0 Å². The lowest BCUT2D eigenvalue weighted by Gasteiger charge is -2.05. The number of hydrogen-bond donors (Lipinski definition) is 0. The van der Waals surface area contributed by atoms with Crippen LogP contribution < -0.4 is 0 Å². The maximum Gasteiger partial charge on any atom is 0.195 e. The number of benzene rings is 3. The maximum absolute atomic E-state index is 13.4. The average Bonchev–Trinajstić information content (AvgIpc) is 3.09. The summed E-state index contributed by atoms with van der Waals surface area (Å²) in [6, 6.07) is 22.3. The van der Waals surface area contributed by atoms with Gasteiger partial charge in [-0.25, -0.2) is 0 Å². The lowest BCUT2D eigenvalue weighted by atomic mass is 9.97. The van der Waals surface area contributed by atoms with Gasteiger partial charge >= 0.3 is 0 Å². The van der Waals surface area contributed by atoms with E-state index in [4.69, 9.17) is 0 Å². The Hall–Kier alpha value is -2.14. The van der Waals surface area contributed by atoms with E-state index in [1.54, 1.807) is 0 Å². The molecule has 0 aliphatic carbocycles. The zero-order valence-corrected chi connectivity index (χ0v) is 17.4. The summed E-state index contributed by atoms with van der Waals surface area (Å²) in [5, 5.41) is 3.17. The summed E-state index contributed by atoms with van der Waals surface area (Å²) in [5.41, 5.74) is 2.73. The molecule has 0 unspecified atom stereocenters. The van der Waals surface area contributed by atoms with Gasteiger partial charge in [0.15, 0.2) is 5.78 Å². The molecule has 3 heteroatoms. The van der Waals surface area contributed by atoms with E-state index in [0.29, 0.717) is 0 Å². The lowest BCUT2D eigenvalue weighted by Crippen LogP contribution is -2.02. The molecule has 0 aliphatic rings. The Labute approximate surface area is 173 Å².